The van der Waals surface area contributed by atoms with E-state index >= 15 is 0 Å². The fraction of sp³-hybridized carbons (Fsp3) is 0.531. The molecule has 7 nitrogen and oxygen atoms in total. The molecule has 41 heavy (non-hydrogen) atoms. The molecule has 0 spiro atoms. The molecule has 3 fully saturated rings. The standard InChI is InChI=1S/C32H39Cl2N3O4/c1-3-26(20-35-13-15-36(16-14-35)30(40)22-7-8-22)37-29(21-9-11-24(33)12-10-21)27(23-5-4-6-25(34)17-23)18-32(2,31(37)41)19-28(38)39/h4-6,9-12,17,22,26-27,29H,3,7-8,13-16,18-20H2,1-2H3,(H,38,39)/t26-,27+,29+,32-/m0/s1. The summed E-state index contributed by atoms with van der Waals surface area (Å²) in [6.45, 7) is 7.44. The summed E-state index contributed by atoms with van der Waals surface area (Å²) in [5.41, 5.74) is 0.863. The van der Waals surface area contributed by atoms with Gasteiger partial charge in [0.1, 0.15) is 0 Å². The van der Waals surface area contributed by atoms with Gasteiger partial charge < -0.3 is 14.9 Å². The molecule has 3 aliphatic rings. The van der Waals surface area contributed by atoms with Crippen molar-refractivity contribution in [2.45, 2.75) is 64.0 Å². The fourth-order valence-electron chi connectivity index (χ4n) is 6.73. The van der Waals surface area contributed by atoms with Crippen LogP contribution in [0.15, 0.2) is 48.5 Å². The number of nitrogens with zero attached hydrogens (tertiary/aromatic N) is 3. The van der Waals surface area contributed by atoms with Gasteiger partial charge in [0, 0.05) is 60.6 Å². The first-order chi connectivity index (χ1) is 19.6. The molecule has 2 amide bonds. The van der Waals surface area contributed by atoms with E-state index in [-0.39, 0.29) is 42.2 Å². The molecule has 2 aromatic rings. The van der Waals surface area contributed by atoms with E-state index < -0.39 is 11.4 Å². The summed E-state index contributed by atoms with van der Waals surface area (Å²) >= 11 is 12.7. The van der Waals surface area contributed by atoms with Crippen LogP contribution >= 0.6 is 23.2 Å². The van der Waals surface area contributed by atoms with Crippen LogP contribution < -0.4 is 0 Å². The van der Waals surface area contributed by atoms with E-state index in [1.54, 1.807) is 6.92 Å². The van der Waals surface area contributed by atoms with Crippen LogP contribution in [0, 0.1) is 11.3 Å². The highest BCUT2D eigenvalue weighted by Crippen LogP contribution is 2.52. The number of piperazine rings is 1. The second-order valence-corrected chi connectivity index (χ2v) is 13.0. The number of amides is 2. The van der Waals surface area contributed by atoms with Crippen LogP contribution in [0.5, 0.6) is 0 Å². The van der Waals surface area contributed by atoms with Crippen molar-refractivity contribution in [2.75, 3.05) is 32.7 Å². The van der Waals surface area contributed by atoms with Crippen molar-refractivity contribution < 1.29 is 19.5 Å². The first-order valence-electron chi connectivity index (χ1n) is 14.7. The second-order valence-electron chi connectivity index (χ2n) is 12.2. The van der Waals surface area contributed by atoms with Gasteiger partial charge in [-0.3, -0.25) is 19.3 Å². The van der Waals surface area contributed by atoms with Gasteiger partial charge in [0.2, 0.25) is 11.8 Å². The number of carbonyl (C=O) groups is 3. The zero-order valence-electron chi connectivity index (χ0n) is 23.8. The lowest BCUT2D eigenvalue weighted by Gasteiger charge is -2.52. The van der Waals surface area contributed by atoms with E-state index in [2.05, 4.69) is 11.8 Å². The number of rotatable bonds is 9. The molecule has 1 aliphatic carbocycles. The van der Waals surface area contributed by atoms with Gasteiger partial charge >= 0.3 is 5.97 Å². The maximum Gasteiger partial charge on any atom is 0.304 e. The highest BCUT2D eigenvalue weighted by molar-refractivity contribution is 6.30. The lowest BCUT2D eigenvalue weighted by molar-refractivity contribution is -0.161. The smallest absolute Gasteiger partial charge is 0.304 e. The molecule has 0 radical (unpaired) electrons. The van der Waals surface area contributed by atoms with Crippen LogP contribution in [0.3, 0.4) is 0 Å². The monoisotopic (exact) mass is 599 g/mol. The van der Waals surface area contributed by atoms with Crippen molar-refractivity contribution in [2.24, 2.45) is 11.3 Å². The maximum absolute atomic E-state index is 14.5. The Morgan fingerprint density at radius 1 is 1.00 bits per heavy atom. The van der Waals surface area contributed by atoms with E-state index in [1.807, 2.05) is 58.3 Å². The predicted molar refractivity (Wildman–Crippen MR) is 160 cm³/mol. The Morgan fingerprint density at radius 2 is 1.68 bits per heavy atom. The number of likely N-dealkylation sites (tertiary alicyclic amines) is 1. The summed E-state index contributed by atoms with van der Waals surface area (Å²) in [4.78, 5) is 45.4. The van der Waals surface area contributed by atoms with Gasteiger partial charge in [0.15, 0.2) is 0 Å². The van der Waals surface area contributed by atoms with Crippen LogP contribution in [0.2, 0.25) is 10.0 Å². The third-order valence-electron chi connectivity index (χ3n) is 9.08. The lowest BCUT2D eigenvalue weighted by Crippen LogP contribution is -2.59. The first kappa shape index (κ1) is 29.9. The van der Waals surface area contributed by atoms with E-state index in [9.17, 15) is 19.5 Å². The second kappa shape index (κ2) is 12.3. The van der Waals surface area contributed by atoms with E-state index in [0.29, 0.717) is 42.5 Å². The molecule has 9 heteroatoms. The van der Waals surface area contributed by atoms with Gasteiger partial charge in [0.25, 0.3) is 0 Å². The number of carbonyl (C=O) groups excluding carboxylic acids is 2. The van der Waals surface area contributed by atoms with Crippen LogP contribution in [0.4, 0.5) is 0 Å². The number of carboxylic acids is 1. The molecule has 5 rings (SSSR count). The molecule has 2 aliphatic heterocycles. The summed E-state index contributed by atoms with van der Waals surface area (Å²) in [5, 5.41) is 11.1. The Balaban J connectivity index is 1.50. The van der Waals surface area contributed by atoms with Gasteiger partial charge in [-0.2, -0.15) is 0 Å². The van der Waals surface area contributed by atoms with Crippen molar-refractivity contribution in [3.8, 4) is 0 Å². The quantitative estimate of drug-likeness (QED) is 0.390. The van der Waals surface area contributed by atoms with Crippen molar-refractivity contribution in [1.29, 1.82) is 0 Å². The van der Waals surface area contributed by atoms with Gasteiger partial charge in [0.05, 0.1) is 17.9 Å². The molecule has 1 N–H and O–H groups in total. The Bertz CT molecular complexity index is 1280. The third kappa shape index (κ3) is 6.58. The zero-order valence-corrected chi connectivity index (χ0v) is 25.3. The zero-order chi connectivity index (χ0) is 29.3. The molecule has 0 unspecified atom stereocenters. The summed E-state index contributed by atoms with van der Waals surface area (Å²) in [7, 11) is 0. The highest BCUT2D eigenvalue weighted by Gasteiger charge is 2.52. The van der Waals surface area contributed by atoms with Crippen LogP contribution in [0.1, 0.15) is 69.0 Å². The molecule has 2 heterocycles. The van der Waals surface area contributed by atoms with Crippen molar-refractivity contribution >= 4 is 41.0 Å². The number of aliphatic carboxylic acids is 1. The minimum absolute atomic E-state index is 0.132. The molecule has 2 saturated heterocycles. The molecule has 0 aromatic heterocycles. The van der Waals surface area contributed by atoms with Gasteiger partial charge in [-0.25, -0.2) is 0 Å². The molecule has 220 valence electrons. The van der Waals surface area contributed by atoms with E-state index in [1.165, 1.54) is 0 Å². The molecular formula is C32H39Cl2N3O4. The molecule has 4 atom stereocenters. The van der Waals surface area contributed by atoms with Crippen LogP contribution in [-0.2, 0) is 14.4 Å². The van der Waals surface area contributed by atoms with Crippen LogP contribution in [0.25, 0.3) is 0 Å². The molecule has 0 bridgehead atoms. The minimum Gasteiger partial charge on any atom is -0.481 e. The van der Waals surface area contributed by atoms with E-state index in [0.717, 1.165) is 37.1 Å². The average Bonchev–Trinajstić information content (AvgIpc) is 3.79. The average molecular weight is 601 g/mol. The number of benzene rings is 2. The Morgan fingerprint density at radius 3 is 2.27 bits per heavy atom. The molecule has 1 saturated carbocycles. The van der Waals surface area contributed by atoms with E-state index in [4.69, 9.17) is 23.2 Å². The summed E-state index contributed by atoms with van der Waals surface area (Å²) in [5.74, 6) is -0.794. The molecular weight excluding hydrogens is 561 g/mol. The normalized spacial score (nSPS) is 26.2. The predicted octanol–water partition coefficient (Wildman–Crippen LogP) is 5.86. The number of hydrogen-bond acceptors (Lipinski definition) is 4. The molecule has 2 aromatic carbocycles. The third-order valence-corrected chi connectivity index (χ3v) is 9.56. The summed E-state index contributed by atoms with van der Waals surface area (Å²) < 4.78 is 0. The van der Waals surface area contributed by atoms with Crippen LogP contribution in [-0.4, -0.2) is 76.4 Å². The SMILES string of the molecule is CC[C@@H](CN1CCN(C(=O)C2CC2)CC1)N1C(=O)[C@](C)(CC(=O)O)C[C@H](c2cccc(Cl)c2)[C@H]1c1ccc(Cl)cc1. The largest absolute Gasteiger partial charge is 0.481 e. The number of piperidine rings is 1. The Hall–Kier alpha value is -2.61. The fourth-order valence-corrected chi connectivity index (χ4v) is 7.06. The Kier molecular flexibility index (Phi) is 8.98. The summed E-state index contributed by atoms with van der Waals surface area (Å²) in [6, 6.07) is 14.9. The minimum atomic E-state index is -1.08. The van der Waals surface area contributed by atoms with Gasteiger partial charge in [-0.05, 0) is 61.1 Å². The number of carboxylic acid groups (broad SMARTS) is 1. The maximum atomic E-state index is 14.5. The lowest BCUT2D eigenvalue weighted by atomic mass is 9.67. The Labute approximate surface area is 252 Å². The van der Waals surface area contributed by atoms with Crippen molar-refractivity contribution in [1.82, 2.24) is 14.7 Å². The van der Waals surface area contributed by atoms with Crippen molar-refractivity contribution in [3.05, 3.63) is 69.7 Å². The summed E-state index contributed by atoms with van der Waals surface area (Å²) in [6.07, 6.45) is 2.86. The number of halogens is 2. The topological polar surface area (TPSA) is 81.2 Å². The first-order valence-corrected chi connectivity index (χ1v) is 15.4. The van der Waals surface area contributed by atoms with Gasteiger partial charge in [-0.1, -0.05) is 61.3 Å². The van der Waals surface area contributed by atoms with Crippen molar-refractivity contribution in [3.63, 3.8) is 0 Å². The van der Waals surface area contributed by atoms with Gasteiger partial charge in [-0.15, -0.1) is 0 Å². The number of hydrogen-bond donors (Lipinski definition) is 1. The highest BCUT2D eigenvalue weighted by atomic mass is 35.5.